The second kappa shape index (κ2) is 12.0. The van der Waals surface area contributed by atoms with Gasteiger partial charge in [0.05, 0.1) is 34.1 Å². The number of carbonyl (C=O) groups is 2. The lowest BCUT2D eigenvalue weighted by Gasteiger charge is -2.31. The number of benzene rings is 2. The van der Waals surface area contributed by atoms with E-state index in [1.54, 1.807) is 32.0 Å². The normalized spacial score (nSPS) is 12.1. The Morgan fingerprint density at radius 3 is 2.26 bits per heavy atom. The second-order valence-corrected chi connectivity index (χ2v) is 10.6. The zero-order valence-corrected chi connectivity index (χ0v) is 22.2. The lowest BCUT2D eigenvalue weighted by atomic mass is 10.1. The summed E-state index contributed by atoms with van der Waals surface area (Å²) in [5, 5.41) is 3.51. The van der Waals surface area contributed by atoms with Crippen LogP contribution in [0.5, 0.6) is 5.75 Å². The van der Waals surface area contributed by atoms with Crippen molar-refractivity contribution in [3.63, 3.8) is 0 Å². The van der Waals surface area contributed by atoms with Crippen LogP contribution in [0.1, 0.15) is 19.4 Å². The molecule has 2 aromatic carbocycles. The third-order valence-electron chi connectivity index (χ3n) is 4.96. The van der Waals surface area contributed by atoms with Crippen molar-refractivity contribution in [3.8, 4) is 5.75 Å². The molecule has 0 spiro atoms. The van der Waals surface area contributed by atoms with Gasteiger partial charge >= 0.3 is 0 Å². The van der Waals surface area contributed by atoms with E-state index in [0.29, 0.717) is 27.9 Å². The molecule has 12 heteroatoms. The molecule has 186 valence electrons. The van der Waals surface area contributed by atoms with Crippen molar-refractivity contribution in [2.24, 2.45) is 0 Å². The average molecular weight is 551 g/mol. The molecular formula is C22H26Cl3N3O5S. The molecule has 2 amide bonds. The van der Waals surface area contributed by atoms with Crippen molar-refractivity contribution >= 4 is 62.3 Å². The number of methoxy groups -OCH3 is 1. The molecule has 0 saturated heterocycles. The standard InChI is InChI=1S/C22H26Cl3N3O5S/c1-5-26-22(30)14(2)27(12-15-6-8-17(23)18(24)10-15)21(29)13-28(34(4,31)32)16-7-9-20(33-3)19(25)11-16/h6-11,14H,5,12-13H2,1-4H3,(H,26,30)/t14-/m0/s1. The van der Waals surface area contributed by atoms with E-state index in [0.717, 1.165) is 10.6 Å². The largest absolute Gasteiger partial charge is 0.495 e. The van der Waals surface area contributed by atoms with Crippen molar-refractivity contribution in [1.29, 1.82) is 0 Å². The molecule has 0 heterocycles. The van der Waals surface area contributed by atoms with Gasteiger partial charge in [0.25, 0.3) is 0 Å². The summed E-state index contributed by atoms with van der Waals surface area (Å²) >= 11 is 18.3. The minimum absolute atomic E-state index is 0.00892. The van der Waals surface area contributed by atoms with E-state index in [1.807, 2.05) is 0 Å². The van der Waals surface area contributed by atoms with Gasteiger partial charge in [-0.25, -0.2) is 8.42 Å². The van der Waals surface area contributed by atoms with Crippen LogP contribution in [0.4, 0.5) is 5.69 Å². The Hall–Kier alpha value is -2.20. The molecule has 0 bridgehead atoms. The van der Waals surface area contributed by atoms with E-state index in [9.17, 15) is 18.0 Å². The molecule has 0 aromatic heterocycles. The van der Waals surface area contributed by atoms with Crippen LogP contribution in [-0.4, -0.2) is 57.6 Å². The van der Waals surface area contributed by atoms with Crippen LogP contribution >= 0.6 is 34.8 Å². The topological polar surface area (TPSA) is 96.0 Å². The van der Waals surface area contributed by atoms with Gasteiger partial charge in [0.1, 0.15) is 18.3 Å². The number of halogens is 3. The summed E-state index contributed by atoms with van der Waals surface area (Å²) in [4.78, 5) is 27.2. The monoisotopic (exact) mass is 549 g/mol. The van der Waals surface area contributed by atoms with Crippen LogP contribution in [0.2, 0.25) is 15.1 Å². The molecule has 0 unspecified atom stereocenters. The van der Waals surface area contributed by atoms with Gasteiger partial charge in [0.15, 0.2) is 0 Å². The van der Waals surface area contributed by atoms with E-state index < -0.39 is 28.5 Å². The van der Waals surface area contributed by atoms with Gasteiger partial charge in [-0.2, -0.15) is 0 Å². The Labute approximate surface area is 214 Å². The Kier molecular flexibility index (Phi) is 9.87. The number of amides is 2. The molecule has 8 nitrogen and oxygen atoms in total. The molecule has 1 atom stereocenters. The zero-order valence-electron chi connectivity index (χ0n) is 19.1. The number of hydrogen-bond donors (Lipinski definition) is 1. The third kappa shape index (κ3) is 7.15. The molecule has 0 aliphatic heterocycles. The van der Waals surface area contributed by atoms with Crippen LogP contribution in [0.15, 0.2) is 36.4 Å². The molecule has 0 aliphatic rings. The van der Waals surface area contributed by atoms with Crippen LogP contribution in [-0.2, 0) is 26.2 Å². The maximum Gasteiger partial charge on any atom is 0.244 e. The number of nitrogens with one attached hydrogen (secondary N) is 1. The van der Waals surface area contributed by atoms with Crippen molar-refractivity contribution in [1.82, 2.24) is 10.2 Å². The van der Waals surface area contributed by atoms with Crippen molar-refractivity contribution in [2.45, 2.75) is 26.4 Å². The van der Waals surface area contributed by atoms with E-state index in [2.05, 4.69) is 5.32 Å². The Bertz CT molecular complexity index is 1160. The zero-order chi connectivity index (χ0) is 25.6. The first kappa shape index (κ1) is 28.0. The maximum absolute atomic E-state index is 13.4. The summed E-state index contributed by atoms with van der Waals surface area (Å²) in [5.41, 5.74) is 0.805. The molecule has 0 saturated carbocycles. The molecule has 0 radical (unpaired) electrons. The highest BCUT2D eigenvalue weighted by Crippen LogP contribution is 2.30. The minimum Gasteiger partial charge on any atom is -0.495 e. The number of sulfonamides is 1. The molecular weight excluding hydrogens is 525 g/mol. The first-order valence-corrected chi connectivity index (χ1v) is 13.2. The minimum atomic E-state index is -3.88. The quantitative estimate of drug-likeness (QED) is 0.483. The van der Waals surface area contributed by atoms with E-state index >= 15 is 0 Å². The lowest BCUT2D eigenvalue weighted by Crippen LogP contribution is -2.51. The van der Waals surface area contributed by atoms with Gasteiger partial charge in [0, 0.05) is 13.1 Å². The number of likely N-dealkylation sites (N-methyl/N-ethyl adjacent to an activating group) is 1. The summed E-state index contributed by atoms with van der Waals surface area (Å²) in [5.74, 6) is -0.618. The summed E-state index contributed by atoms with van der Waals surface area (Å²) in [6, 6.07) is 8.35. The Balaban J connectivity index is 2.43. The van der Waals surface area contributed by atoms with Crippen molar-refractivity contribution in [3.05, 3.63) is 57.0 Å². The number of nitrogens with zero attached hydrogens (tertiary/aromatic N) is 2. The molecule has 34 heavy (non-hydrogen) atoms. The maximum atomic E-state index is 13.4. The van der Waals surface area contributed by atoms with E-state index in [1.165, 1.54) is 30.2 Å². The number of carbonyl (C=O) groups excluding carboxylic acids is 2. The summed E-state index contributed by atoms with van der Waals surface area (Å²) in [6.45, 7) is 3.16. The smallest absolute Gasteiger partial charge is 0.244 e. The highest BCUT2D eigenvalue weighted by Gasteiger charge is 2.30. The van der Waals surface area contributed by atoms with Crippen LogP contribution in [0.3, 0.4) is 0 Å². The molecule has 2 aromatic rings. The highest BCUT2D eigenvalue weighted by molar-refractivity contribution is 7.92. The molecule has 0 aliphatic carbocycles. The van der Waals surface area contributed by atoms with Gasteiger partial charge in [-0.3, -0.25) is 13.9 Å². The Morgan fingerprint density at radius 2 is 1.74 bits per heavy atom. The predicted molar refractivity (Wildman–Crippen MR) is 135 cm³/mol. The summed E-state index contributed by atoms with van der Waals surface area (Å²) in [6.07, 6.45) is 0.981. The van der Waals surface area contributed by atoms with Gasteiger partial charge in [-0.1, -0.05) is 40.9 Å². The van der Waals surface area contributed by atoms with E-state index in [4.69, 9.17) is 39.5 Å². The molecule has 2 rings (SSSR count). The van der Waals surface area contributed by atoms with Gasteiger partial charge < -0.3 is 15.0 Å². The first-order chi connectivity index (χ1) is 15.9. The average Bonchev–Trinajstić information content (AvgIpc) is 2.76. The molecule has 0 fully saturated rings. The van der Waals surface area contributed by atoms with Crippen LogP contribution in [0.25, 0.3) is 0 Å². The van der Waals surface area contributed by atoms with Crippen molar-refractivity contribution < 1.29 is 22.7 Å². The molecule has 1 N–H and O–H groups in total. The highest BCUT2D eigenvalue weighted by atomic mass is 35.5. The predicted octanol–water partition coefficient (Wildman–Crippen LogP) is 3.97. The Morgan fingerprint density at radius 1 is 1.06 bits per heavy atom. The third-order valence-corrected chi connectivity index (χ3v) is 7.13. The van der Waals surface area contributed by atoms with Crippen LogP contribution < -0.4 is 14.4 Å². The SMILES string of the molecule is CCNC(=O)[C@H](C)N(Cc1ccc(Cl)c(Cl)c1)C(=O)CN(c1ccc(OC)c(Cl)c1)S(C)(=O)=O. The summed E-state index contributed by atoms with van der Waals surface area (Å²) < 4.78 is 31.2. The number of anilines is 1. The second-order valence-electron chi connectivity index (χ2n) is 7.43. The van der Waals surface area contributed by atoms with E-state index in [-0.39, 0.29) is 23.2 Å². The number of hydrogen-bond acceptors (Lipinski definition) is 5. The number of rotatable bonds is 10. The van der Waals surface area contributed by atoms with Gasteiger partial charge in [-0.15, -0.1) is 0 Å². The van der Waals surface area contributed by atoms with Gasteiger partial charge in [0.2, 0.25) is 21.8 Å². The van der Waals surface area contributed by atoms with Gasteiger partial charge in [-0.05, 0) is 49.7 Å². The van der Waals surface area contributed by atoms with Crippen LogP contribution in [0, 0.1) is 0 Å². The lowest BCUT2D eigenvalue weighted by molar-refractivity contribution is -0.139. The van der Waals surface area contributed by atoms with Crippen molar-refractivity contribution in [2.75, 3.05) is 30.8 Å². The fourth-order valence-electron chi connectivity index (χ4n) is 3.16. The first-order valence-electron chi connectivity index (χ1n) is 10.2. The fraction of sp³-hybridized carbons (Fsp3) is 0.364. The summed E-state index contributed by atoms with van der Waals surface area (Å²) in [7, 11) is -2.44. The number of ether oxygens (including phenoxy) is 1. The fourth-order valence-corrected chi connectivity index (χ4v) is 4.58.